The van der Waals surface area contributed by atoms with Gasteiger partial charge in [0.05, 0.1) is 18.0 Å². The lowest BCUT2D eigenvalue weighted by Crippen LogP contribution is -2.39. The highest BCUT2D eigenvalue weighted by Gasteiger charge is 2.17. The molecule has 0 radical (unpaired) electrons. The fourth-order valence-electron chi connectivity index (χ4n) is 2.98. The number of halogens is 1. The lowest BCUT2D eigenvalue weighted by atomic mass is 10.1. The van der Waals surface area contributed by atoms with Crippen molar-refractivity contribution in [2.45, 2.75) is 25.6 Å². The van der Waals surface area contributed by atoms with E-state index in [2.05, 4.69) is 15.4 Å². The minimum atomic E-state index is -3.21. The Hall–Kier alpha value is -1.80. The average Bonchev–Trinajstić information content (AvgIpc) is 2.61. The number of para-hydroxylation sites is 2. The fraction of sp³-hybridized carbons (Fsp3) is 0.368. The normalized spacial score (nSPS) is 17.0. The quantitative estimate of drug-likeness (QED) is 0.652. The second-order valence-electron chi connectivity index (χ2n) is 6.63. The number of nitrogens with one attached hydrogen (secondary N) is 3. The van der Waals surface area contributed by atoms with Gasteiger partial charge in [0.2, 0.25) is 10.0 Å². The van der Waals surface area contributed by atoms with Gasteiger partial charge < -0.3 is 15.4 Å². The van der Waals surface area contributed by atoms with Gasteiger partial charge in [0.25, 0.3) is 0 Å². The highest BCUT2D eigenvalue weighted by atomic mass is 35.5. The smallest absolute Gasteiger partial charge is 0.209 e. The fourth-order valence-corrected chi connectivity index (χ4v) is 3.76. The Labute approximate surface area is 167 Å². The summed E-state index contributed by atoms with van der Waals surface area (Å²) in [6.07, 6.45) is 1.17. The second-order valence-corrected chi connectivity index (χ2v) is 8.41. The van der Waals surface area contributed by atoms with Crippen molar-refractivity contribution in [2.75, 3.05) is 24.7 Å². The highest BCUT2D eigenvalue weighted by Crippen LogP contribution is 2.27. The van der Waals surface area contributed by atoms with E-state index in [1.54, 1.807) is 0 Å². The molecule has 0 bridgehead atoms. The van der Waals surface area contributed by atoms with Gasteiger partial charge in [0, 0.05) is 19.1 Å². The number of anilines is 1. The van der Waals surface area contributed by atoms with E-state index in [0.717, 1.165) is 35.7 Å². The Morgan fingerprint density at radius 2 is 1.89 bits per heavy atom. The van der Waals surface area contributed by atoms with E-state index in [1.165, 1.54) is 6.26 Å². The molecule has 1 aliphatic rings. The summed E-state index contributed by atoms with van der Waals surface area (Å²) in [5.41, 5.74) is 3.12. The third-order valence-corrected chi connectivity index (χ3v) is 5.06. The van der Waals surface area contributed by atoms with Gasteiger partial charge >= 0.3 is 0 Å². The summed E-state index contributed by atoms with van der Waals surface area (Å²) in [7, 11) is -3.21. The summed E-state index contributed by atoms with van der Waals surface area (Å²) in [4.78, 5) is 0. The predicted octanol–water partition coefficient (Wildman–Crippen LogP) is 2.68. The lowest BCUT2D eigenvalue weighted by Gasteiger charge is -2.27. The molecule has 0 fully saturated rings. The molecule has 3 rings (SSSR count). The molecule has 0 aromatic heterocycles. The summed E-state index contributed by atoms with van der Waals surface area (Å²) < 4.78 is 31.0. The van der Waals surface area contributed by atoms with E-state index in [4.69, 9.17) is 4.74 Å². The van der Waals surface area contributed by atoms with Crippen LogP contribution in [0.2, 0.25) is 0 Å². The average molecular weight is 412 g/mol. The summed E-state index contributed by atoms with van der Waals surface area (Å²) in [5.74, 6) is 0.899. The summed E-state index contributed by atoms with van der Waals surface area (Å²) in [5, 5.41) is 6.91. The number of sulfonamides is 1. The predicted molar refractivity (Wildman–Crippen MR) is 111 cm³/mol. The third kappa shape index (κ3) is 6.39. The van der Waals surface area contributed by atoms with E-state index < -0.39 is 10.0 Å². The van der Waals surface area contributed by atoms with Crippen LogP contribution in [0.4, 0.5) is 5.69 Å². The van der Waals surface area contributed by atoms with E-state index in [9.17, 15) is 8.42 Å². The number of fused-ring (bicyclic) bond motifs is 1. The van der Waals surface area contributed by atoms with Gasteiger partial charge in [0.15, 0.2) is 0 Å². The Kier molecular flexibility index (Phi) is 7.49. The Morgan fingerprint density at radius 3 is 2.59 bits per heavy atom. The van der Waals surface area contributed by atoms with Crippen molar-refractivity contribution in [2.24, 2.45) is 0 Å². The van der Waals surface area contributed by atoms with E-state index in [-0.39, 0.29) is 24.5 Å². The number of ether oxygens (including phenoxy) is 1. The molecule has 1 heterocycles. The van der Waals surface area contributed by atoms with E-state index in [1.807, 2.05) is 55.5 Å². The molecule has 2 aromatic rings. The minimum absolute atomic E-state index is 0. The molecule has 1 aliphatic heterocycles. The molecule has 0 aliphatic carbocycles. The van der Waals surface area contributed by atoms with Gasteiger partial charge in [-0.05, 0) is 30.2 Å². The molecule has 27 heavy (non-hydrogen) atoms. The van der Waals surface area contributed by atoms with Crippen LogP contribution in [0.15, 0.2) is 48.5 Å². The number of rotatable bonds is 7. The van der Waals surface area contributed by atoms with Crippen LogP contribution in [-0.4, -0.2) is 33.9 Å². The molecule has 1 unspecified atom stereocenters. The van der Waals surface area contributed by atoms with Crippen molar-refractivity contribution >= 4 is 28.1 Å². The van der Waals surface area contributed by atoms with Crippen molar-refractivity contribution < 1.29 is 13.2 Å². The monoisotopic (exact) mass is 411 g/mol. The molecule has 0 amide bonds. The molecule has 3 N–H and O–H groups in total. The molecule has 0 saturated heterocycles. The summed E-state index contributed by atoms with van der Waals surface area (Å²) in [6.45, 7) is 4.01. The molecule has 0 saturated carbocycles. The molecule has 2 atom stereocenters. The van der Waals surface area contributed by atoms with Gasteiger partial charge in [-0.15, -0.1) is 12.4 Å². The summed E-state index contributed by atoms with van der Waals surface area (Å²) in [6, 6.07) is 15.9. The van der Waals surface area contributed by atoms with Crippen molar-refractivity contribution in [3.63, 3.8) is 0 Å². The van der Waals surface area contributed by atoms with Crippen LogP contribution >= 0.6 is 12.4 Å². The van der Waals surface area contributed by atoms with Crippen molar-refractivity contribution in [1.29, 1.82) is 0 Å². The standard InChI is InChI=1S/C19H25N3O3S.ClH/c1-14(22-26(2,23)24)16-9-7-15(8-10-16)11-20-12-17-13-25-19-6-4-3-5-18(19)21-17;/h3-10,14,17,20-22H,11-13H2,1-2H3;1H/t14-,17?;/m1./s1. The maximum absolute atomic E-state index is 11.3. The highest BCUT2D eigenvalue weighted by molar-refractivity contribution is 7.88. The van der Waals surface area contributed by atoms with E-state index >= 15 is 0 Å². The number of benzene rings is 2. The molecule has 0 spiro atoms. The maximum atomic E-state index is 11.3. The first-order valence-electron chi connectivity index (χ1n) is 8.66. The molecular formula is C19H26ClN3O3S. The topological polar surface area (TPSA) is 79.5 Å². The zero-order chi connectivity index (χ0) is 18.6. The SMILES string of the molecule is C[C@@H](NS(C)(=O)=O)c1ccc(CNCC2COc3ccccc3N2)cc1.Cl. The Morgan fingerprint density at radius 1 is 1.19 bits per heavy atom. The van der Waals surface area contributed by atoms with Crippen LogP contribution in [0.5, 0.6) is 5.75 Å². The second kappa shape index (κ2) is 9.41. The zero-order valence-corrected chi connectivity index (χ0v) is 17.1. The molecule has 6 nitrogen and oxygen atoms in total. The van der Waals surface area contributed by atoms with E-state index in [0.29, 0.717) is 6.61 Å². The molecule has 2 aromatic carbocycles. The van der Waals surface area contributed by atoms with Crippen LogP contribution < -0.4 is 20.1 Å². The maximum Gasteiger partial charge on any atom is 0.209 e. The Bertz CT molecular complexity index is 844. The first-order chi connectivity index (χ1) is 12.4. The lowest BCUT2D eigenvalue weighted by molar-refractivity contribution is 0.280. The number of hydrogen-bond donors (Lipinski definition) is 3. The largest absolute Gasteiger partial charge is 0.489 e. The van der Waals surface area contributed by atoms with Crippen molar-refractivity contribution in [3.05, 3.63) is 59.7 Å². The number of hydrogen-bond acceptors (Lipinski definition) is 5. The van der Waals surface area contributed by atoms with Gasteiger partial charge in [-0.1, -0.05) is 36.4 Å². The van der Waals surface area contributed by atoms with Gasteiger partial charge in [-0.3, -0.25) is 0 Å². The zero-order valence-electron chi connectivity index (χ0n) is 15.4. The summed E-state index contributed by atoms with van der Waals surface area (Å²) >= 11 is 0. The molecule has 148 valence electrons. The first kappa shape index (κ1) is 21.5. The van der Waals surface area contributed by atoms with Crippen LogP contribution in [-0.2, 0) is 16.6 Å². The van der Waals surface area contributed by atoms with Crippen LogP contribution in [0.3, 0.4) is 0 Å². The van der Waals surface area contributed by atoms with Gasteiger partial charge in [-0.25, -0.2) is 13.1 Å². The molecular weight excluding hydrogens is 386 g/mol. The van der Waals surface area contributed by atoms with Crippen molar-refractivity contribution in [1.82, 2.24) is 10.0 Å². The molecule has 8 heteroatoms. The van der Waals surface area contributed by atoms with Crippen molar-refractivity contribution in [3.8, 4) is 5.75 Å². The van der Waals surface area contributed by atoms with Crippen LogP contribution in [0.25, 0.3) is 0 Å². The third-order valence-electron chi connectivity index (χ3n) is 4.28. The Balaban J connectivity index is 0.00000261. The van der Waals surface area contributed by atoms with Crippen LogP contribution in [0.1, 0.15) is 24.1 Å². The first-order valence-corrected chi connectivity index (χ1v) is 10.5. The van der Waals surface area contributed by atoms with Gasteiger partial charge in [0.1, 0.15) is 12.4 Å². The van der Waals surface area contributed by atoms with Crippen LogP contribution in [0, 0.1) is 0 Å². The minimum Gasteiger partial charge on any atom is -0.489 e. The van der Waals surface area contributed by atoms with Gasteiger partial charge in [-0.2, -0.15) is 0 Å².